The number of hydrogen-bond donors (Lipinski definition) is 0. The molecule has 0 aliphatic carbocycles. The van der Waals surface area contributed by atoms with Gasteiger partial charge in [0.2, 0.25) is 5.05 Å². The van der Waals surface area contributed by atoms with Gasteiger partial charge in [0.1, 0.15) is 6.07 Å². The third kappa shape index (κ3) is 1.63. The number of ether oxygens (including phenoxy) is 1. The lowest BCUT2D eigenvalue weighted by atomic mass is 10.3. The van der Waals surface area contributed by atoms with Crippen molar-refractivity contribution in [3.05, 3.63) is 21.4 Å². The van der Waals surface area contributed by atoms with Gasteiger partial charge in [-0.3, -0.25) is 0 Å². The van der Waals surface area contributed by atoms with Gasteiger partial charge in [0.25, 0.3) is 0 Å². The van der Waals surface area contributed by atoms with Gasteiger partial charge in [0, 0.05) is 4.88 Å². The fourth-order valence-electron chi connectivity index (χ4n) is 0.794. The number of nitriles is 1. The molecule has 0 aliphatic rings. The fourth-order valence-corrected chi connectivity index (χ4v) is 1.87. The Morgan fingerprint density at radius 2 is 2.42 bits per heavy atom. The minimum Gasteiger partial charge on any atom is -0.486 e. The van der Waals surface area contributed by atoms with Crippen molar-refractivity contribution in [2.24, 2.45) is 0 Å². The number of thiophene rings is 1. The first kappa shape index (κ1) is 9.17. The van der Waals surface area contributed by atoms with Crippen LogP contribution in [-0.4, -0.2) is 12.2 Å². The van der Waals surface area contributed by atoms with Gasteiger partial charge in [-0.25, -0.2) is 0 Å². The van der Waals surface area contributed by atoms with Crippen LogP contribution in [0, 0.1) is 18.3 Å². The van der Waals surface area contributed by atoms with E-state index >= 15 is 0 Å². The number of methoxy groups -OCH3 is 1. The van der Waals surface area contributed by atoms with Crippen LogP contribution in [0.2, 0.25) is 0 Å². The molecule has 0 aromatic carbocycles. The summed E-state index contributed by atoms with van der Waals surface area (Å²) < 4.78 is 4.88. The Labute approximate surface area is 80.4 Å². The Balaban J connectivity index is 3.07. The van der Waals surface area contributed by atoms with Gasteiger partial charge >= 0.3 is 0 Å². The average molecular weight is 197 g/mol. The van der Waals surface area contributed by atoms with Crippen molar-refractivity contribution in [2.75, 3.05) is 7.11 Å². The molecule has 0 spiro atoms. The molecule has 0 bridgehead atoms. The number of nitrogens with zero attached hydrogens (tertiary/aromatic N) is 1. The molecular formula is C8H7NOS2. The number of rotatable bonds is 1. The summed E-state index contributed by atoms with van der Waals surface area (Å²) in [4.78, 5) is 1.83. The van der Waals surface area contributed by atoms with E-state index in [0.717, 1.165) is 9.75 Å². The van der Waals surface area contributed by atoms with Crippen molar-refractivity contribution in [1.29, 1.82) is 5.26 Å². The largest absolute Gasteiger partial charge is 0.486 e. The van der Waals surface area contributed by atoms with E-state index in [9.17, 15) is 0 Å². The third-order valence-electron chi connectivity index (χ3n) is 1.42. The molecule has 0 radical (unpaired) electrons. The molecule has 0 N–H and O–H groups in total. The van der Waals surface area contributed by atoms with Gasteiger partial charge in [-0.2, -0.15) is 5.26 Å². The maximum Gasteiger partial charge on any atom is 0.201 e. The van der Waals surface area contributed by atoms with Crippen LogP contribution in [-0.2, 0) is 4.74 Å². The highest BCUT2D eigenvalue weighted by Gasteiger charge is 2.08. The van der Waals surface area contributed by atoms with Crippen molar-refractivity contribution in [3.63, 3.8) is 0 Å². The standard InChI is InChI=1S/C8H7NOS2/c1-5-6(4-9)3-7(12-5)8(11)10-2/h3H,1-2H3. The van der Waals surface area contributed by atoms with Gasteiger partial charge < -0.3 is 4.74 Å². The summed E-state index contributed by atoms with van der Waals surface area (Å²) in [5, 5.41) is 9.11. The second kappa shape index (κ2) is 3.65. The van der Waals surface area contributed by atoms with Gasteiger partial charge in [0.05, 0.1) is 17.6 Å². The van der Waals surface area contributed by atoms with E-state index in [1.54, 1.807) is 6.07 Å². The summed E-state index contributed by atoms with van der Waals surface area (Å²) >= 11 is 6.40. The lowest BCUT2D eigenvalue weighted by Gasteiger charge is -1.94. The van der Waals surface area contributed by atoms with Crippen LogP contribution in [0.15, 0.2) is 6.07 Å². The van der Waals surface area contributed by atoms with Crippen molar-refractivity contribution in [3.8, 4) is 6.07 Å². The summed E-state index contributed by atoms with van der Waals surface area (Å²) in [6.07, 6.45) is 0. The van der Waals surface area contributed by atoms with Crippen LogP contribution >= 0.6 is 23.6 Å². The second-order valence-corrected chi connectivity index (χ2v) is 3.81. The highest BCUT2D eigenvalue weighted by molar-refractivity contribution is 7.80. The lowest BCUT2D eigenvalue weighted by molar-refractivity contribution is 0.417. The van der Waals surface area contributed by atoms with E-state index in [1.165, 1.54) is 18.4 Å². The molecule has 1 heterocycles. The molecule has 1 rings (SSSR count). The summed E-state index contributed by atoms with van der Waals surface area (Å²) in [7, 11) is 1.53. The van der Waals surface area contributed by atoms with Gasteiger partial charge in [0.15, 0.2) is 0 Å². The maximum atomic E-state index is 8.66. The van der Waals surface area contributed by atoms with Crippen LogP contribution in [0.3, 0.4) is 0 Å². The first-order valence-corrected chi connectivity index (χ1v) is 4.50. The Bertz CT molecular complexity index is 348. The van der Waals surface area contributed by atoms with E-state index in [1.807, 2.05) is 6.92 Å². The summed E-state index contributed by atoms with van der Waals surface area (Å²) in [6, 6.07) is 3.85. The highest BCUT2D eigenvalue weighted by atomic mass is 32.1. The van der Waals surface area contributed by atoms with E-state index in [2.05, 4.69) is 6.07 Å². The average Bonchev–Trinajstić information content (AvgIpc) is 2.45. The summed E-state index contributed by atoms with van der Waals surface area (Å²) in [6.45, 7) is 1.89. The van der Waals surface area contributed by atoms with Crippen LogP contribution in [0.5, 0.6) is 0 Å². The fraction of sp³-hybridized carbons (Fsp3) is 0.250. The van der Waals surface area contributed by atoms with Gasteiger partial charge in [-0.1, -0.05) is 0 Å². The SMILES string of the molecule is COC(=S)c1cc(C#N)c(C)s1. The van der Waals surface area contributed by atoms with Crippen molar-refractivity contribution < 1.29 is 4.74 Å². The quantitative estimate of drug-likeness (QED) is 0.647. The van der Waals surface area contributed by atoms with Gasteiger partial charge in [-0.15, -0.1) is 11.3 Å². The lowest BCUT2D eigenvalue weighted by Crippen LogP contribution is -1.94. The molecule has 0 saturated heterocycles. The zero-order chi connectivity index (χ0) is 9.14. The molecule has 0 saturated carbocycles. The van der Waals surface area contributed by atoms with Crippen molar-refractivity contribution in [1.82, 2.24) is 0 Å². The normalized spacial score (nSPS) is 9.08. The van der Waals surface area contributed by atoms with Crippen molar-refractivity contribution in [2.45, 2.75) is 6.92 Å². The third-order valence-corrected chi connectivity index (χ3v) is 2.99. The van der Waals surface area contributed by atoms with Crippen LogP contribution < -0.4 is 0 Å². The smallest absolute Gasteiger partial charge is 0.201 e. The number of aryl methyl sites for hydroxylation is 1. The molecule has 0 atom stereocenters. The van der Waals surface area contributed by atoms with E-state index in [0.29, 0.717) is 10.6 Å². The van der Waals surface area contributed by atoms with E-state index < -0.39 is 0 Å². The molecule has 12 heavy (non-hydrogen) atoms. The molecule has 4 heteroatoms. The monoisotopic (exact) mass is 197 g/mol. The predicted molar refractivity (Wildman–Crippen MR) is 52.5 cm³/mol. The molecule has 1 aromatic heterocycles. The topological polar surface area (TPSA) is 33.0 Å². The van der Waals surface area contributed by atoms with Crippen LogP contribution in [0.1, 0.15) is 15.3 Å². The molecule has 62 valence electrons. The number of thiocarbonyl (C=S) groups is 1. The van der Waals surface area contributed by atoms with E-state index in [-0.39, 0.29) is 0 Å². The second-order valence-electron chi connectivity index (χ2n) is 2.18. The first-order valence-electron chi connectivity index (χ1n) is 3.28. The minimum atomic E-state index is 0.449. The Kier molecular flexibility index (Phi) is 2.79. The van der Waals surface area contributed by atoms with Crippen LogP contribution in [0.25, 0.3) is 0 Å². The summed E-state index contributed by atoms with van der Waals surface area (Å²) in [5.41, 5.74) is 0.675. The highest BCUT2D eigenvalue weighted by Crippen LogP contribution is 2.21. The summed E-state index contributed by atoms with van der Waals surface area (Å²) in [5.74, 6) is 0. The molecule has 0 fully saturated rings. The Hall–Kier alpha value is -0.920. The van der Waals surface area contributed by atoms with E-state index in [4.69, 9.17) is 22.2 Å². The zero-order valence-electron chi connectivity index (χ0n) is 6.75. The minimum absolute atomic E-state index is 0.449. The molecule has 0 unspecified atom stereocenters. The molecule has 2 nitrogen and oxygen atoms in total. The van der Waals surface area contributed by atoms with Crippen LogP contribution in [0.4, 0.5) is 0 Å². The Morgan fingerprint density at radius 1 is 1.75 bits per heavy atom. The first-order chi connectivity index (χ1) is 5.69. The maximum absolute atomic E-state index is 8.66. The molecular weight excluding hydrogens is 190 g/mol. The Morgan fingerprint density at radius 3 is 2.83 bits per heavy atom. The number of hydrogen-bond acceptors (Lipinski definition) is 4. The zero-order valence-corrected chi connectivity index (χ0v) is 8.38. The molecule has 0 aliphatic heterocycles. The van der Waals surface area contributed by atoms with Gasteiger partial charge in [-0.05, 0) is 25.2 Å². The molecule has 1 aromatic rings. The molecule has 0 amide bonds. The van der Waals surface area contributed by atoms with Crippen molar-refractivity contribution >= 4 is 28.6 Å². The predicted octanol–water partition coefficient (Wildman–Crippen LogP) is 2.25.